The number of phenols is 2. The molecule has 180 valence electrons. The minimum absolute atomic E-state index is 0. The quantitative estimate of drug-likeness (QED) is 0.279. The second-order valence-corrected chi connectivity index (χ2v) is 7.91. The third-order valence-corrected chi connectivity index (χ3v) is 4.39. The number of aromatic nitrogens is 3. The SMILES string of the molecule is CC(C)c1cc(C(C)C)c(O)[c-]c1O.[CH2-]c1ccccc1.[CH2-]c1ccccc1.[Zr+4].[c-]1ccnnn1. The van der Waals surface area contributed by atoms with Crippen LogP contribution < -0.4 is 0 Å². The van der Waals surface area contributed by atoms with Crippen LogP contribution in [0.4, 0.5) is 0 Å². The van der Waals surface area contributed by atoms with E-state index in [9.17, 15) is 10.2 Å². The topological polar surface area (TPSA) is 79.1 Å². The van der Waals surface area contributed by atoms with E-state index >= 15 is 0 Å². The molecule has 0 aliphatic heterocycles. The van der Waals surface area contributed by atoms with Crippen LogP contribution in [-0.2, 0) is 26.2 Å². The molecule has 0 atom stereocenters. The molecule has 0 aliphatic rings. The maximum atomic E-state index is 9.55. The molecule has 3 aromatic carbocycles. The van der Waals surface area contributed by atoms with E-state index in [1.54, 1.807) is 6.07 Å². The molecule has 1 aromatic heterocycles. The fourth-order valence-electron chi connectivity index (χ4n) is 2.58. The van der Waals surface area contributed by atoms with Gasteiger partial charge in [0.25, 0.3) is 0 Å². The molecule has 0 spiro atoms. The fraction of sp³-hybridized carbons (Fsp3) is 0.207. The molecular formula is C29H33N3O2Zr. The van der Waals surface area contributed by atoms with Crippen LogP contribution in [-0.4, -0.2) is 25.6 Å². The molecule has 6 heteroatoms. The van der Waals surface area contributed by atoms with Gasteiger partial charge in [0.15, 0.2) is 0 Å². The Bertz CT molecular complexity index is 952. The van der Waals surface area contributed by atoms with Crippen molar-refractivity contribution in [2.24, 2.45) is 0 Å². The number of aromatic hydroxyl groups is 2. The normalized spacial score (nSPS) is 9.31. The number of rotatable bonds is 2. The monoisotopic (exact) mass is 545 g/mol. The minimum Gasteiger partial charge on any atom is -0.534 e. The van der Waals surface area contributed by atoms with Crippen molar-refractivity contribution < 1.29 is 36.4 Å². The van der Waals surface area contributed by atoms with Gasteiger partial charge in [-0.15, -0.1) is 41.6 Å². The molecule has 2 N–H and O–H groups in total. The number of hydrogen-bond acceptors (Lipinski definition) is 5. The van der Waals surface area contributed by atoms with Crippen molar-refractivity contribution in [2.75, 3.05) is 0 Å². The summed E-state index contributed by atoms with van der Waals surface area (Å²) in [5.41, 5.74) is 3.82. The molecule has 0 radical (unpaired) electrons. The van der Waals surface area contributed by atoms with Gasteiger partial charge in [0.05, 0.1) is 0 Å². The number of benzene rings is 3. The third-order valence-electron chi connectivity index (χ3n) is 4.39. The van der Waals surface area contributed by atoms with Crippen molar-refractivity contribution in [1.29, 1.82) is 0 Å². The molecule has 35 heavy (non-hydrogen) atoms. The van der Waals surface area contributed by atoms with E-state index in [1.807, 2.05) is 94.4 Å². The predicted octanol–water partition coefficient (Wildman–Crippen LogP) is 6.55. The van der Waals surface area contributed by atoms with E-state index in [0.717, 1.165) is 22.3 Å². The second kappa shape index (κ2) is 18.2. The van der Waals surface area contributed by atoms with Crippen LogP contribution in [0.5, 0.6) is 11.5 Å². The van der Waals surface area contributed by atoms with Crippen LogP contribution in [0, 0.1) is 26.1 Å². The van der Waals surface area contributed by atoms with Gasteiger partial charge in [-0.1, -0.05) is 69.1 Å². The Balaban J connectivity index is 0.000000467. The molecule has 5 nitrogen and oxygen atoms in total. The second-order valence-electron chi connectivity index (χ2n) is 7.91. The summed E-state index contributed by atoms with van der Waals surface area (Å²) in [5, 5.41) is 29.0. The van der Waals surface area contributed by atoms with E-state index < -0.39 is 0 Å². The van der Waals surface area contributed by atoms with Crippen molar-refractivity contribution in [3.05, 3.63) is 127 Å². The maximum Gasteiger partial charge on any atom is 4.00 e. The van der Waals surface area contributed by atoms with Gasteiger partial charge in [-0.25, -0.2) is 10.2 Å². The Morgan fingerprint density at radius 1 is 0.743 bits per heavy atom. The van der Waals surface area contributed by atoms with Crippen molar-refractivity contribution in [1.82, 2.24) is 15.4 Å². The van der Waals surface area contributed by atoms with Gasteiger partial charge in [-0.05, 0) is 0 Å². The molecule has 4 rings (SSSR count). The minimum atomic E-state index is 0. The Hall–Kier alpha value is -3.11. The number of phenolic OH excluding ortho intramolecular Hbond substituents is 2. The summed E-state index contributed by atoms with van der Waals surface area (Å²) in [5.74, 6) is 0.595. The smallest absolute Gasteiger partial charge is 0.534 e. The Morgan fingerprint density at radius 3 is 1.37 bits per heavy atom. The van der Waals surface area contributed by atoms with Crippen molar-refractivity contribution in [3.63, 3.8) is 0 Å². The first-order valence-corrected chi connectivity index (χ1v) is 10.9. The van der Waals surface area contributed by atoms with E-state index in [4.69, 9.17) is 0 Å². The van der Waals surface area contributed by atoms with Crippen LogP contribution in [0.2, 0.25) is 0 Å². The molecule has 0 saturated carbocycles. The third kappa shape index (κ3) is 14.0. The van der Waals surface area contributed by atoms with Gasteiger partial charge in [-0.2, -0.15) is 61.4 Å². The zero-order chi connectivity index (χ0) is 25.3. The summed E-state index contributed by atoms with van der Waals surface area (Å²) in [7, 11) is 0. The Labute approximate surface area is 229 Å². The first-order chi connectivity index (χ1) is 16.2. The van der Waals surface area contributed by atoms with Crippen molar-refractivity contribution >= 4 is 0 Å². The Kier molecular flexibility index (Phi) is 16.6. The van der Waals surface area contributed by atoms with Gasteiger partial charge in [0.1, 0.15) is 0 Å². The largest absolute Gasteiger partial charge is 4.00 e. The van der Waals surface area contributed by atoms with Gasteiger partial charge in [-0.3, -0.25) is 0 Å². The summed E-state index contributed by atoms with van der Waals surface area (Å²) in [6.45, 7) is 15.5. The first kappa shape index (κ1) is 31.9. The molecule has 0 saturated heterocycles. The number of hydrogen-bond donors (Lipinski definition) is 2. The zero-order valence-electron chi connectivity index (χ0n) is 20.8. The van der Waals surface area contributed by atoms with E-state index in [1.165, 1.54) is 6.20 Å². The average Bonchev–Trinajstić information content (AvgIpc) is 2.82. The van der Waals surface area contributed by atoms with Crippen LogP contribution in [0.25, 0.3) is 0 Å². The van der Waals surface area contributed by atoms with E-state index in [0.29, 0.717) is 0 Å². The van der Waals surface area contributed by atoms with Crippen LogP contribution >= 0.6 is 0 Å². The molecule has 0 fully saturated rings. The molecule has 4 aromatic rings. The fourth-order valence-corrected chi connectivity index (χ4v) is 2.58. The number of nitrogens with zero attached hydrogens (tertiary/aromatic N) is 3. The summed E-state index contributed by atoms with van der Waals surface area (Å²) in [4.78, 5) is 0. The molecule has 1 heterocycles. The van der Waals surface area contributed by atoms with Crippen molar-refractivity contribution in [2.45, 2.75) is 39.5 Å². The summed E-state index contributed by atoms with van der Waals surface area (Å²) >= 11 is 0. The van der Waals surface area contributed by atoms with Crippen molar-refractivity contribution in [3.8, 4) is 11.5 Å². The Morgan fingerprint density at radius 2 is 1.17 bits per heavy atom. The van der Waals surface area contributed by atoms with Crippen LogP contribution in [0.15, 0.2) is 79.0 Å². The van der Waals surface area contributed by atoms with Crippen LogP contribution in [0.1, 0.15) is 61.8 Å². The molecular weight excluding hydrogens is 514 g/mol. The van der Waals surface area contributed by atoms with E-state index in [2.05, 4.69) is 41.5 Å². The van der Waals surface area contributed by atoms with Gasteiger partial charge in [0, 0.05) is 11.5 Å². The summed E-state index contributed by atoms with van der Waals surface area (Å²) in [6.07, 6.45) is 3.99. The molecule has 0 unspecified atom stereocenters. The maximum absolute atomic E-state index is 9.55. The summed E-state index contributed by atoms with van der Waals surface area (Å²) in [6, 6.07) is 25.8. The van der Waals surface area contributed by atoms with Gasteiger partial charge in [0.2, 0.25) is 0 Å². The first-order valence-electron chi connectivity index (χ1n) is 10.9. The molecule has 0 aliphatic carbocycles. The van der Waals surface area contributed by atoms with Gasteiger partial charge < -0.3 is 10.2 Å². The van der Waals surface area contributed by atoms with Gasteiger partial charge >= 0.3 is 26.2 Å². The molecule has 0 amide bonds. The predicted molar refractivity (Wildman–Crippen MR) is 137 cm³/mol. The van der Waals surface area contributed by atoms with Crippen LogP contribution in [0.3, 0.4) is 0 Å². The zero-order valence-corrected chi connectivity index (χ0v) is 23.3. The standard InChI is InChI=1S/C12H17O2.2C7H7.C3H2N3.Zr/c1-7(2)9-5-10(8(3)4)12(14)6-11(9)13;2*1-7-5-3-2-4-6-7;1-2-4-6-5-3-1;/h5,7-8,13-14H,1-4H3;2*2-6H,1H2;1-2H;/q4*-1;+4. The molecule has 0 bridgehead atoms. The summed E-state index contributed by atoms with van der Waals surface area (Å²) < 4.78 is 0. The van der Waals surface area contributed by atoms with E-state index in [-0.39, 0.29) is 49.5 Å². The average molecular weight is 547 g/mol.